The number of carbonyl (C=O) groups is 1. The molecule has 0 unspecified atom stereocenters. The minimum Gasteiger partial charge on any atom is -0.318 e. The molecule has 0 aliphatic heterocycles. The molecule has 0 saturated carbocycles. The molecule has 0 spiro atoms. The third-order valence-electron chi connectivity index (χ3n) is 3.54. The van der Waals surface area contributed by atoms with Gasteiger partial charge in [0.2, 0.25) is 11.7 Å². The Morgan fingerprint density at radius 3 is 2.93 bits per heavy atom. The van der Waals surface area contributed by atoms with Crippen LogP contribution in [-0.2, 0) is 11.3 Å². The average molecular weight is 401 g/mol. The zero-order valence-corrected chi connectivity index (χ0v) is 16.0. The summed E-state index contributed by atoms with van der Waals surface area (Å²) in [6.07, 6.45) is 1.67. The maximum absolute atomic E-state index is 12.3. The van der Waals surface area contributed by atoms with Crippen molar-refractivity contribution in [1.82, 2.24) is 9.97 Å². The van der Waals surface area contributed by atoms with Crippen molar-refractivity contribution < 1.29 is 9.36 Å². The molecule has 0 fully saturated rings. The second-order valence-electron chi connectivity index (χ2n) is 5.50. The van der Waals surface area contributed by atoms with Gasteiger partial charge in [-0.2, -0.15) is 0 Å². The maximum atomic E-state index is 12.3. The summed E-state index contributed by atoms with van der Waals surface area (Å²) in [5.74, 6) is 0.202. The summed E-state index contributed by atoms with van der Waals surface area (Å²) in [4.78, 5) is 31.0. The topological polar surface area (TPSA) is 105 Å². The van der Waals surface area contributed by atoms with Crippen LogP contribution in [0.4, 0.5) is 10.9 Å². The van der Waals surface area contributed by atoms with Gasteiger partial charge in [-0.15, -0.1) is 11.3 Å². The normalized spacial score (nSPS) is 10.5. The van der Waals surface area contributed by atoms with Crippen LogP contribution in [0.3, 0.4) is 0 Å². The van der Waals surface area contributed by atoms with Gasteiger partial charge in [0.1, 0.15) is 0 Å². The summed E-state index contributed by atoms with van der Waals surface area (Å²) in [5.41, 5.74) is 7.36. The number of nitrogens with zero attached hydrogens (tertiary/aromatic N) is 2. The average Bonchev–Trinajstić information content (AvgIpc) is 3.11. The number of nitrogens with two attached hydrogens (primary N) is 1. The van der Waals surface area contributed by atoms with Crippen LogP contribution in [0, 0.1) is 0 Å². The summed E-state index contributed by atoms with van der Waals surface area (Å²) >= 11 is 2.55. The monoisotopic (exact) mass is 400 g/mol. The number of nitrogen functional groups attached to an aromatic ring is 1. The highest BCUT2D eigenvalue weighted by Gasteiger charge is 2.15. The fourth-order valence-corrected chi connectivity index (χ4v) is 3.92. The molecule has 2 aromatic heterocycles. The Morgan fingerprint density at radius 1 is 1.41 bits per heavy atom. The van der Waals surface area contributed by atoms with Crippen molar-refractivity contribution in [3.8, 4) is 11.3 Å². The molecule has 3 rings (SSSR count). The molecule has 0 atom stereocenters. The fraction of sp³-hybridized carbons (Fsp3) is 0.111. The van der Waals surface area contributed by atoms with E-state index in [1.165, 1.54) is 29.2 Å². The van der Waals surface area contributed by atoms with E-state index in [9.17, 15) is 9.59 Å². The largest absolute Gasteiger partial charge is 0.318 e. The number of carbonyl (C=O) groups excluding carboxylic acids is 1. The lowest BCUT2D eigenvalue weighted by atomic mass is 10.2. The third kappa shape index (κ3) is 4.83. The van der Waals surface area contributed by atoms with Crippen LogP contribution in [0.1, 0.15) is 0 Å². The molecule has 0 aliphatic rings. The molecule has 1 aromatic carbocycles. The van der Waals surface area contributed by atoms with Crippen LogP contribution in [0.25, 0.3) is 11.3 Å². The van der Waals surface area contributed by atoms with Gasteiger partial charge in [0.05, 0.1) is 24.1 Å². The number of allylic oxidation sites excluding steroid dienone is 1. The van der Waals surface area contributed by atoms with Gasteiger partial charge in [0, 0.05) is 10.9 Å². The van der Waals surface area contributed by atoms with Crippen molar-refractivity contribution in [3.63, 3.8) is 0 Å². The number of H-pyrrole nitrogens is 1. The van der Waals surface area contributed by atoms with Crippen molar-refractivity contribution in [3.05, 3.63) is 64.8 Å². The van der Waals surface area contributed by atoms with Crippen molar-refractivity contribution in [1.29, 1.82) is 0 Å². The van der Waals surface area contributed by atoms with Gasteiger partial charge in [-0.25, -0.2) is 14.5 Å². The highest BCUT2D eigenvalue weighted by Crippen LogP contribution is 2.24. The van der Waals surface area contributed by atoms with Gasteiger partial charge in [-0.1, -0.05) is 43.0 Å². The SMILES string of the molecule is C=CC[n+]1c(N)cc(=O)[nH]c1SCC(=O)Nc1nc(-c2ccccc2)cs1. The number of thioether (sulfide) groups is 1. The second kappa shape index (κ2) is 8.65. The lowest BCUT2D eigenvalue weighted by Gasteiger charge is -2.07. The number of hydrogen-bond acceptors (Lipinski definition) is 6. The molecule has 4 N–H and O–H groups in total. The molecule has 7 nitrogen and oxygen atoms in total. The van der Waals surface area contributed by atoms with Crippen LogP contribution in [-0.4, -0.2) is 21.6 Å². The molecule has 138 valence electrons. The first-order valence-electron chi connectivity index (χ1n) is 8.04. The first-order valence-corrected chi connectivity index (χ1v) is 9.90. The number of aromatic amines is 1. The predicted molar refractivity (Wildman–Crippen MR) is 109 cm³/mol. The quantitative estimate of drug-likeness (QED) is 0.244. The summed E-state index contributed by atoms with van der Waals surface area (Å²) < 4.78 is 1.68. The number of thiazole rings is 1. The molecule has 0 saturated heterocycles. The Kier molecular flexibility index (Phi) is 6.05. The molecule has 0 aliphatic carbocycles. The molecule has 3 aromatic rings. The van der Waals surface area contributed by atoms with Gasteiger partial charge in [0.25, 0.3) is 5.16 Å². The summed E-state index contributed by atoms with van der Waals surface area (Å²) in [6, 6.07) is 11.0. The van der Waals surface area contributed by atoms with E-state index in [1.54, 1.807) is 10.6 Å². The molecule has 0 radical (unpaired) electrons. The predicted octanol–water partition coefficient (Wildman–Crippen LogP) is 2.28. The number of amides is 1. The van der Waals surface area contributed by atoms with E-state index in [-0.39, 0.29) is 17.2 Å². The fourth-order valence-electron chi connectivity index (χ4n) is 2.33. The highest BCUT2D eigenvalue weighted by molar-refractivity contribution is 7.99. The van der Waals surface area contributed by atoms with Crippen molar-refractivity contribution in [2.75, 3.05) is 16.8 Å². The Morgan fingerprint density at radius 2 is 2.19 bits per heavy atom. The lowest BCUT2D eigenvalue weighted by Crippen LogP contribution is -2.42. The smallest absolute Gasteiger partial charge is 0.311 e. The van der Waals surface area contributed by atoms with E-state index in [4.69, 9.17) is 5.73 Å². The first-order chi connectivity index (χ1) is 13.1. The van der Waals surface area contributed by atoms with E-state index < -0.39 is 0 Å². The standard InChI is InChI=1S/C18H17N5O2S2/c1-2-8-23-14(19)9-15(24)22-18(23)27-11-16(25)21-17-20-13(10-26-17)12-6-4-3-5-7-12/h2-7,9-10H,1,8,11H2,(H3,19,20,21,24,25)/p+1. The molecule has 1 amide bonds. The Balaban J connectivity index is 1.65. The Bertz CT molecular complexity index is 1010. The van der Waals surface area contributed by atoms with E-state index in [1.807, 2.05) is 35.7 Å². The molecule has 27 heavy (non-hydrogen) atoms. The lowest BCUT2D eigenvalue weighted by molar-refractivity contribution is -0.714. The van der Waals surface area contributed by atoms with Crippen LogP contribution in [0.15, 0.2) is 64.4 Å². The van der Waals surface area contributed by atoms with Crippen LogP contribution in [0.5, 0.6) is 0 Å². The van der Waals surface area contributed by atoms with Crippen LogP contribution >= 0.6 is 23.1 Å². The highest BCUT2D eigenvalue weighted by atomic mass is 32.2. The van der Waals surface area contributed by atoms with E-state index in [0.29, 0.717) is 22.7 Å². The van der Waals surface area contributed by atoms with Gasteiger partial charge in [-0.05, 0) is 11.8 Å². The van der Waals surface area contributed by atoms with Crippen molar-refractivity contribution in [2.45, 2.75) is 11.7 Å². The van der Waals surface area contributed by atoms with E-state index in [2.05, 4.69) is 21.9 Å². The number of hydrogen-bond donors (Lipinski definition) is 3. The van der Waals surface area contributed by atoms with E-state index in [0.717, 1.165) is 11.3 Å². The number of rotatable bonds is 7. The molecular formula is C18H18N5O2S2+. The van der Waals surface area contributed by atoms with Crippen molar-refractivity contribution >= 4 is 40.0 Å². The molecule has 9 heteroatoms. The maximum Gasteiger partial charge on any atom is 0.311 e. The van der Waals surface area contributed by atoms with Crippen LogP contribution < -0.4 is 21.2 Å². The van der Waals surface area contributed by atoms with Crippen LogP contribution in [0.2, 0.25) is 0 Å². The minimum absolute atomic E-state index is 0.108. The van der Waals surface area contributed by atoms with Gasteiger partial charge in [-0.3, -0.25) is 9.59 Å². The number of aromatic nitrogens is 3. The Labute approximate surface area is 164 Å². The minimum atomic E-state index is -0.317. The van der Waals surface area contributed by atoms with Gasteiger partial charge >= 0.3 is 5.56 Å². The zero-order chi connectivity index (χ0) is 19.2. The third-order valence-corrected chi connectivity index (χ3v) is 5.30. The zero-order valence-electron chi connectivity index (χ0n) is 14.3. The number of benzene rings is 1. The molecule has 0 bridgehead atoms. The van der Waals surface area contributed by atoms with E-state index >= 15 is 0 Å². The molecular weight excluding hydrogens is 382 g/mol. The Hall–Kier alpha value is -2.91. The summed E-state index contributed by atoms with van der Waals surface area (Å²) in [5, 5.41) is 5.70. The first kappa shape index (κ1) is 18.9. The van der Waals surface area contributed by atoms with Gasteiger partial charge < -0.3 is 11.1 Å². The second-order valence-corrected chi connectivity index (χ2v) is 7.33. The van der Waals surface area contributed by atoms with Crippen molar-refractivity contribution in [2.24, 2.45) is 0 Å². The molecule has 2 heterocycles. The summed E-state index contributed by atoms with van der Waals surface area (Å²) in [6.45, 7) is 4.11. The summed E-state index contributed by atoms with van der Waals surface area (Å²) in [7, 11) is 0. The van der Waals surface area contributed by atoms with Gasteiger partial charge in [0.15, 0.2) is 5.13 Å². The number of nitrogens with one attached hydrogen (secondary N) is 2. The number of anilines is 2.